The molecule has 0 aromatic heterocycles. The minimum Gasteiger partial charge on any atom is -0.257 e. The number of halogens is 1. The first-order chi connectivity index (χ1) is 11.8. The van der Waals surface area contributed by atoms with Crippen LogP contribution >= 0.6 is 11.6 Å². The van der Waals surface area contributed by atoms with Gasteiger partial charge in [-0.3, -0.25) is 5.01 Å². The Balaban J connectivity index is 1.76. The number of para-hydroxylation sites is 1. The van der Waals surface area contributed by atoms with E-state index in [1.807, 2.05) is 42.5 Å². The molecule has 24 heavy (non-hydrogen) atoms. The molecule has 1 atom stereocenters. The van der Waals surface area contributed by atoms with E-state index in [1.54, 1.807) is 0 Å². The Kier molecular flexibility index (Phi) is 4.06. The SMILES string of the molecule is Clc1cccc([C@H]2CC(c3ccccc3)=NN2c2ccccc2)c1. The number of hydrogen-bond acceptors (Lipinski definition) is 2. The molecule has 0 bridgehead atoms. The van der Waals surface area contributed by atoms with Crippen molar-refractivity contribution < 1.29 is 0 Å². The number of benzene rings is 3. The molecule has 0 amide bonds. The fraction of sp³-hybridized carbons (Fsp3) is 0.0952. The monoisotopic (exact) mass is 332 g/mol. The highest BCUT2D eigenvalue weighted by Gasteiger charge is 2.29. The highest BCUT2D eigenvalue weighted by molar-refractivity contribution is 6.30. The van der Waals surface area contributed by atoms with Gasteiger partial charge in [0.1, 0.15) is 0 Å². The highest BCUT2D eigenvalue weighted by Crippen LogP contribution is 2.37. The van der Waals surface area contributed by atoms with Crippen LogP contribution in [0.3, 0.4) is 0 Å². The zero-order valence-corrected chi connectivity index (χ0v) is 13.9. The second-order valence-corrected chi connectivity index (χ2v) is 6.30. The summed E-state index contributed by atoms with van der Waals surface area (Å²) in [6, 6.07) is 28.9. The average molecular weight is 333 g/mol. The molecule has 3 aromatic carbocycles. The van der Waals surface area contributed by atoms with E-state index >= 15 is 0 Å². The second kappa shape index (κ2) is 6.50. The third kappa shape index (κ3) is 2.93. The maximum atomic E-state index is 6.21. The van der Waals surface area contributed by atoms with E-state index in [-0.39, 0.29) is 6.04 Å². The number of rotatable bonds is 3. The van der Waals surface area contributed by atoms with Gasteiger partial charge < -0.3 is 0 Å². The molecule has 0 radical (unpaired) electrons. The summed E-state index contributed by atoms with van der Waals surface area (Å²) < 4.78 is 0. The van der Waals surface area contributed by atoms with Gasteiger partial charge in [-0.1, -0.05) is 72.3 Å². The van der Waals surface area contributed by atoms with Crippen LogP contribution in [0.2, 0.25) is 5.02 Å². The van der Waals surface area contributed by atoms with Crippen molar-refractivity contribution in [2.24, 2.45) is 5.10 Å². The lowest BCUT2D eigenvalue weighted by Crippen LogP contribution is -2.18. The summed E-state index contributed by atoms with van der Waals surface area (Å²) in [7, 11) is 0. The lowest BCUT2D eigenvalue weighted by molar-refractivity contribution is 0.709. The smallest absolute Gasteiger partial charge is 0.0832 e. The Morgan fingerprint density at radius 1 is 0.833 bits per heavy atom. The fourth-order valence-corrected chi connectivity index (χ4v) is 3.31. The molecule has 1 heterocycles. The first-order valence-corrected chi connectivity index (χ1v) is 8.42. The summed E-state index contributed by atoms with van der Waals surface area (Å²) in [5.74, 6) is 0. The maximum Gasteiger partial charge on any atom is 0.0832 e. The van der Waals surface area contributed by atoms with Gasteiger partial charge >= 0.3 is 0 Å². The topological polar surface area (TPSA) is 15.6 Å². The van der Waals surface area contributed by atoms with Gasteiger partial charge in [-0.2, -0.15) is 5.10 Å². The molecule has 4 rings (SSSR count). The van der Waals surface area contributed by atoms with Gasteiger partial charge in [-0.15, -0.1) is 0 Å². The molecule has 0 saturated carbocycles. The van der Waals surface area contributed by atoms with E-state index in [0.29, 0.717) is 0 Å². The summed E-state index contributed by atoms with van der Waals surface area (Å²) in [5.41, 5.74) is 4.54. The number of hydrogen-bond donors (Lipinski definition) is 0. The summed E-state index contributed by atoms with van der Waals surface area (Å²) in [6.07, 6.45) is 0.860. The standard InChI is InChI=1S/C21H17ClN2/c22-18-11-7-10-17(14-18)21-15-20(16-8-3-1-4-9-16)23-24(21)19-12-5-2-6-13-19/h1-14,21H,15H2/t21-/m1/s1. The zero-order valence-electron chi connectivity index (χ0n) is 13.1. The molecule has 0 aliphatic carbocycles. The minimum atomic E-state index is 0.154. The molecule has 2 nitrogen and oxygen atoms in total. The first-order valence-electron chi connectivity index (χ1n) is 8.04. The average Bonchev–Trinajstić information content (AvgIpc) is 3.09. The van der Waals surface area contributed by atoms with E-state index in [4.69, 9.17) is 16.7 Å². The van der Waals surface area contributed by atoms with Gasteiger partial charge in [-0.25, -0.2) is 0 Å². The van der Waals surface area contributed by atoms with Crippen LogP contribution in [0.5, 0.6) is 0 Å². The van der Waals surface area contributed by atoms with Crippen LogP contribution in [-0.4, -0.2) is 5.71 Å². The largest absolute Gasteiger partial charge is 0.257 e. The van der Waals surface area contributed by atoms with Crippen molar-refractivity contribution in [2.45, 2.75) is 12.5 Å². The lowest BCUT2D eigenvalue weighted by atomic mass is 9.98. The summed E-state index contributed by atoms with van der Waals surface area (Å²) in [4.78, 5) is 0. The minimum absolute atomic E-state index is 0.154. The number of anilines is 1. The molecule has 3 heteroatoms. The van der Waals surface area contributed by atoms with E-state index < -0.39 is 0 Å². The van der Waals surface area contributed by atoms with Crippen molar-refractivity contribution in [3.05, 3.63) is 101 Å². The highest BCUT2D eigenvalue weighted by atomic mass is 35.5. The van der Waals surface area contributed by atoms with Crippen molar-refractivity contribution in [1.82, 2.24) is 0 Å². The van der Waals surface area contributed by atoms with Gasteiger partial charge in [0.05, 0.1) is 17.4 Å². The van der Waals surface area contributed by atoms with Crippen LogP contribution < -0.4 is 5.01 Å². The summed E-state index contributed by atoms with van der Waals surface area (Å²) in [5, 5.41) is 7.79. The molecule has 0 saturated heterocycles. The molecule has 1 aliphatic heterocycles. The third-order valence-electron chi connectivity index (χ3n) is 4.27. The fourth-order valence-electron chi connectivity index (χ4n) is 3.11. The third-order valence-corrected chi connectivity index (χ3v) is 4.51. The van der Waals surface area contributed by atoms with Gasteiger partial charge in [0.2, 0.25) is 0 Å². The molecular weight excluding hydrogens is 316 g/mol. The van der Waals surface area contributed by atoms with Gasteiger partial charge in [-0.05, 0) is 35.4 Å². The van der Waals surface area contributed by atoms with E-state index in [1.165, 1.54) is 11.1 Å². The van der Waals surface area contributed by atoms with E-state index in [0.717, 1.165) is 22.8 Å². The Morgan fingerprint density at radius 2 is 1.54 bits per heavy atom. The van der Waals surface area contributed by atoms with Crippen LogP contribution in [-0.2, 0) is 0 Å². The quantitative estimate of drug-likeness (QED) is 0.601. The molecule has 0 spiro atoms. The van der Waals surface area contributed by atoms with Crippen LogP contribution in [0.25, 0.3) is 0 Å². The van der Waals surface area contributed by atoms with E-state index in [9.17, 15) is 0 Å². The second-order valence-electron chi connectivity index (χ2n) is 5.87. The van der Waals surface area contributed by atoms with Gasteiger partial charge in [0, 0.05) is 11.4 Å². The normalized spacial score (nSPS) is 17.0. The Labute approximate surface area is 147 Å². The Hall–Kier alpha value is -2.58. The molecule has 3 aromatic rings. The van der Waals surface area contributed by atoms with Crippen molar-refractivity contribution in [3.8, 4) is 0 Å². The summed E-state index contributed by atoms with van der Waals surface area (Å²) >= 11 is 6.21. The maximum absolute atomic E-state index is 6.21. The molecule has 118 valence electrons. The van der Waals surface area contributed by atoms with Gasteiger partial charge in [0.15, 0.2) is 0 Å². The Bertz CT molecular complexity index is 859. The summed E-state index contributed by atoms with van der Waals surface area (Å²) in [6.45, 7) is 0. The molecule has 0 N–H and O–H groups in total. The zero-order chi connectivity index (χ0) is 16.4. The van der Waals surface area contributed by atoms with Crippen LogP contribution in [0.4, 0.5) is 5.69 Å². The molecule has 0 unspecified atom stereocenters. The Morgan fingerprint density at radius 3 is 2.25 bits per heavy atom. The van der Waals surface area contributed by atoms with Crippen LogP contribution in [0, 0.1) is 0 Å². The molecule has 0 fully saturated rings. The van der Waals surface area contributed by atoms with E-state index in [2.05, 4.69) is 47.5 Å². The predicted molar refractivity (Wildman–Crippen MR) is 101 cm³/mol. The molecular formula is C21H17ClN2. The first kappa shape index (κ1) is 15.0. The predicted octanol–water partition coefficient (Wildman–Crippen LogP) is 5.70. The van der Waals surface area contributed by atoms with Crippen LogP contribution in [0.1, 0.15) is 23.6 Å². The number of nitrogens with zero attached hydrogens (tertiary/aromatic N) is 2. The lowest BCUT2D eigenvalue weighted by Gasteiger charge is -2.24. The van der Waals surface area contributed by atoms with Crippen molar-refractivity contribution in [3.63, 3.8) is 0 Å². The van der Waals surface area contributed by atoms with Crippen LogP contribution in [0.15, 0.2) is 90.0 Å². The van der Waals surface area contributed by atoms with Crippen molar-refractivity contribution >= 4 is 23.0 Å². The van der Waals surface area contributed by atoms with Crippen molar-refractivity contribution in [1.29, 1.82) is 0 Å². The molecule has 1 aliphatic rings. The van der Waals surface area contributed by atoms with Crippen molar-refractivity contribution in [2.75, 3.05) is 5.01 Å². The number of hydrazone groups is 1. The van der Waals surface area contributed by atoms with Gasteiger partial charge in [0.25, 0.3) is 0 Å².